The van der Waals surface area contributed by atoms with E-state index in [2.05, 4.69) is 4.72 Å². The molecule has 1 aromatic carbocycles. The highest BCUT2D eigenvalue weighted by Gasteiger charge is 2.41. The molecule has 0 bridgehead atoms. The summed E-state index contributed by atoms with van der Waals surface area (Å²) in [5.41, 5.74) is -0.0821. The van der Waals surface area contributed by atoms with Crippen LogP contribution in [-0.4, -0.2) is 35.3 Å². The molecule has 4 rings (SSSR count). The molecule has 0 aliphatic heterocycles. The molecular weight excluding hydrogens is 427 g/mol. The Morgan fingerprint density at radius 2 is 1.84 bits per heavy atom. The molecule has 9 nitrogen and oxygen atoms in total. The maximum atomic E-state index is 13.4. The Labute approximate surface area is 178 Å². The lowest BCUT2D eigenvalue weighted by Crippen LogP contribution is -2.48. The zero-order chi connectivity index (χ0) is 22.8. The average molecular weight is 453 g/mol. The molecule has 168 valence electrons. The van der Waals surface area contributed by atoms with E-state index in [1.54, 1.807) is 6.92 Å². The van der Waals surface area contributed by atoms with Gasteiger partial charge in [0.15, 0.2) is 6.17 Å². The number of carbonyl (C=O) groups is 1. The molecule has 2 saturated carbocycles. The van der Waals surface area contributed by atoms with Crippen molar-refractivity contribution in [1.82, 2.24) is 14.0 Å². The van der Waals surface area contributed by atoms with Gasteiger partial charge in [0.1, 0.15) is 0 Å². The van der Waals surface area contributed by atoms with Gasteiger partial charge < -0.3 is 0 Å². The standard InChI is InChI=1S/C20H25FN4O5S/c1-12(21)16(26)22-25-17(27)14-10-13(31(29,30)23-20(3)8-9-20)4-5-15(14)24(18(25)28)11-19(2)6-7-19/h4-5,10,12,23H,6-9,11H2,1-3H3,(H,22,26). The van der Waals surface area contributed by atoms with E-state index >= 15 is 0 Å². The highest BCUT2D eigenvalue weighted by Crippen LogP contribution is 2.46. The molecule has 1 heterocycles. The predicted octanol–water partition coefficient (Wildman–Crippen LogP) is 1.22. The summed E-state index contributed by atoms with van der Waals surface area (Å²) < 4.78 is 43.4. The Morgan fingerprint density at radius 1 is 1.19 bits per heavy atom. The molecule has 1 atom stereocenters. The minimum absolute atomic E-state index is 0.0560. The van der Waals surface area contributed by atoms with Gasteiger partial charge in [0.25, 0.3) is 11.5 Å². The van der Waals surface area contributed by atoms with Crippen LogP contribution in [0, 0.1) is 5.41 Å². The molecule has 2 fully saturated rings. The molecule has 1 unspecified atom stereocenters. The number of nitrogens with zero attached hydrogens (tertiary/aromatic N) is 2. The molecule has 0 spiro atoms. The van der Waals surface area contributed by atoms with Gasteiger partial charge in [0.05, 0.1) is 15.8 Å². The normalized spacial score (nSPS) is 19.7. The monoisotopic (exact) mass is 452 g/mol. The summed E-state index contributed by atoms with van der Waals surface area (Å²) in [4.78, 5) is 37.7. The van der Waals surface area contributed by atoms with Crippen LogP contribution in [0.1, 0.15) is 46.5 Å². The van der Waals surface area contributed by atoms with E-state index in [-0.39, 0.29) is 27.8 Å². The summed E-state index contributed by atoms with van der Waals surface area (Å²) in [6.07, 6.45) is 1.29. The highest BCUT2D eigenvalue weighted by atomic mass is 32.2. The summed E-state index contributed by atoms with van der Waals surface area (Å²) in [6.45, 7) is 5.05. The molecule has 2 aromatic rings. The molecule has 2 aliphatic rings. The van der Waals surface area contributed by atoms with Crippen molar-refractivity contribution in [2.24, 2.45) is 5.41 Å². The van der Waals surface area contributed by atoms with Gasteiger partial charge in [-0.25, -0.2) is 22.3 Å². The molecule has 2 aliphatic carbocycles. The molecule has 1 aromatic heterocycles. The van der Waals surface area contributed by atoms with Gasteiger partial charge in [0.2, 0.25) is 10.0 Å². The van der Waals surface area contributed by atoms with Crippen LogP contribution in [0.3, 0.4) is 0 Å². The number of hydrogen-bond donors (Lipinski definition) is 2. The number of amides is 1. The van der Waals surface area contributed by atoms with Crippen LogP contribution in [0.25, 0.3) is 10.9 Å². The van der Waals surface area contributed by atoms with Crippen LogP contribution in [0.5, 0.6) is 0 Å². The van der Waals surface area contributed by atoms with Crippen molar-refractivity contribution < 1.29 is 17.6 Å². The maximum Gasteiger partial charge on any atom is 0.350 e. The Kier molecular flexibility index (Phi) is 4.89. The maximum absolute atomic E-state index is 13.4. The summed E-state index contributed by atoms with van der Waals surface area (Å²) >= 11 is 0. The number of nitrogens with one attached hydrogen (secondary N) is 2. The van der Waals surface area contributed by atoms with Crippen molar-refractivity contribution >= 4 is 26.8 Å². The number of halogens is 1. The molecule has 31 heavy (non-hydrogen) atoms. The summed E-state index contributed by atoms with van der Waals surface area (Å²) in [5.74, 6) is -1.14. The Bertz CT molecular complexity index is 1300. The Hall–Kier alpha value is -2.53. The van der Waals surface area contributed by atoms with E-state index in [0.29, 0.717) is 4.68 Å². The second-order valence-corrected chi connectivity index (χ2v) is 10.9. The number of fused-ring (bicyclic) bond motifs is 1. The third-order valence-corrected chi connectivity index (χ3v) is 7.67. The van der Waals surface area contributed by atoms with Crippen molar-refractivity contribution in [3.05, 3.63) is 39.0 Å². The van der Waals surface area contributed by atoms with E-state index < -0.39 is 38.9 Å². The quantitative estimate of drug-likeness (QED) is 0.655. The minimum Gasteiger partial charge on any atom is -0.291 e. The van der Waals surface area contributed by atoms with Crippen LogP contribution in [-0.2, 0) is 21.4 Å². The lowest BCUT2D eigenvalue weighted by molar-refractivity contribution is -0.121. The lowest BCUT2D eigenvalue weighted by atomic mass is 10.1. The number of rotatable bonds is 7. The van der Waals surface area contributed by atoms with Crippen LogP contribution in [0.4, 0.5) is 4.39 Å². The topological polar surface area (TPSA) is 119 Å². The van der Waals surface area contributed by atoms with E-state index in [4.69, 9.17) is 0 Å². The van der Waals surface area contributed by atoms with Gasteiger partial charge in [-0.15, -0.1) is 0 Å². The highest BCUT2D eigenvalue weighted by molar-refractivity contribution is 7.89. The molecule has 0 radical (unpaired) electrons. The van der Waals surface area contributed by atoms with Crippen molar-refractivity contribution in [1.29, 1.82) is 0 Å². The van der Waals surface area contributed by atoms with E-state index in [0.717, 1.165) is 32.6 Å². The van der Waals surface area contributed by atoms with Crippen molar-refractivity contribution in [3.8, 4) is 0 Å². The molecule has 1 amide bonds. The fourth-order valence-electron chi connectivity index (χ4n) is 3.40. The van der Waals surface area contributed by atoms with E-state index in [1.165, 1.54) is 22.8 Å². The van der Waals surface area contributed by atoms with Gasteiger partial charge in [0, 0.05) is 12.1 Å². The van der Waals surface area contributed by atoms with Crippen molar-refractivity contribution in [2.75, 3.05) is 5.43 Å². The number of hydrogen-bond acceptors (Lipinski definition) is 5. The third kappa shape index (κ3) is 4.16. The third-order valence-electron chi connectivity index (χ3n) is 6.03. The zero-order valence-corrected chi connectivity index (χ0v) is 18.4. The van der Waals surface area contributed by atoms with Gasteiger partial charge in [-0.3, -0.25) is 19.6 Å². The fourth-order valence-corrected chi connectivity index (χ4v) is 4.89. The minimum atomic E-state index is -3.89. The number of sulfonamides is 1. The summed E-state index contributed by atoms with van der Waals surface area (Å²) in [7, 11) is -3.89. The molecule has 0 saturated heterocycles. The Balaban J connectivity index is 1.90. The summed E-state index contributed by atoms with van der Waals surface area (Å²) in [5, 5.41) is -0.0560. The first-order chi connectivity index (χ1) is 14.3. The fraction of sp³-hybridized carbons (Fsp3) is 0.550. The average Bonchev–Trinajstić information content (AvgIpc) is 3.60. The van der Waals surface area contributed by atoms with Gasteiger partial charge in [-0.2, -0.15) is 4.68 Å². The molecule has 2 N–H and O–H groups in total. The van der Waals surface area contributed by atoms with E-state index in [9.17, 15) is 27.2 Å². The lowest BCUT2D eigenvalue weighted by Gasteiger charge is -2.18. The Morgan fingerprint density at radius 3 is 2.39 bits per heavy atom. The van der Waals surface area contributed by atoms with Crippen LogP contribution in [0.2, 0.25) is 0 Å². The molecular formula is C20H25FN4O5S. The largest absolute Gasteiger partial charge is 0.350 e. The van der Waals surface area contributed by atoms with Crippen molar-refractivity contribution in [2.45, 2.75) is 69.6 Å². The molecule has 11 heteroatoms. The van der Waals surface area contributed by atoms with Crippen LogP contribution in [0.15, 0.2) is 32.7 Å². The number of alkyl halides is 1. The van der Waals surface area contributed by atoms with Crippen molar-refractivity contribution in [3.63, 3.8) is 0 Å². The van der Waals surface area contributed by atoms with E-state index in [1.807, 2.05) is 12.3 Å². The first kappa shape index (κ1) is 21.7. The summed E-state index contributed by atoms with van der Waals surface area (Å²) in [6, 6.07) is 3.98. The number of carbonyl (C=O) groups excluding carboxylic acids is 1. The smallest absolute Gasteiger partial charge is 0.291 e. The second kappa shape index (κ2) is 6.99. The first-order valence-corrected chi connectivity index (χ1v) is 11.6. The first-order valence-electron chi connectivity index (χ1n) is 10.1. The number of benzene rings is 1. The van der Waals surface area contributed by atoms with Crippen LogP contribution >= 0.6 is 0 Å². The van der Waals surface area contributed by atoms with Crippen LogP contribution < -0.4 is 21.4 Å². The van der Waals surface area contributed by atoms with Gasteiger partial charge in [-0.1, -0.05) is 6.92 Å². The number of aromatic nitrogens is 2. The predicted molar refractivity (Wildman–Crippen MR) is 113 cm³/mol. The van der Waals surface area contributed by atoms with Gasteiger partial charge in [-0.05, 0) is 63.1 Å². The SMILES string of the molecule is CC(F)C(=O)Nn1c(=O)c2cc(S(=O)(=O)NC3(C)CC3)ccc2n(CC2(C)CC2)c1=O. The zero-order valence-electron chi connectivity index (χ0n) is 17.6. The second-order valence-electron chi connectivity index (χ2n) is 9.26. The van der Waals surface area contributed by atoms with Gasteiger partial charge >= 0.3 is 5.69 Å².